The van der Waals surface area contributed by atoms with Gasteiger partial charge in [0.05, 0.1) is 23.5 Å². The highest BCUT2D eigenvalue weighted by Gasteiger charge is 2.28. The molecule has 0 amide bonds. The zero-order valence-corrected chi connectivity index (χ0v) is 17.2. The van der Waals surface area contributed by atoms with E-state index in [2.05, 4.69) is 14.9 Å². The lowest BCUT2D eigenvalue weighted by molar-refractivity contribution is 0.617. The van der Waals surface area contributed by atoms with Crippen LogP contribution < -0.4 is 10.5 Å². The Labute approximate surface area is 183 Å². The fourth-order valence-electron chi connectivity index (χ4n) is 4.64. The Morgan fingerprint density at radius 1 is 1.03 bits per heavy atom. The van der Waals surface area contributed by atoms with Crippen LogP contribution in [0.4, 0.5) is 10.2 Å². The quantitative estimate of drug-likeness (QED) is 0.454. The molecule has 32 heavy (non-hydrogen) atoms. The van der Waals surface area contributed by atoms with Crippen molar-refractivity contribution in [3.05, 3.63) is 94.7 Å². The molecule has 1 N–H and O–H groups in total. The molecule has 0 spiro atoms. The molecular weight excluding hydrogens is 405 g/mol. The second-order valence-corrected chi connectivity index (χ2v) is 8.11. The van der Waals surface area contributed by atoms with E-state index in [1.54, 1.807) is 22.8 Å². The summed E-state index contributed by atoms with van der Waals surface area (Å²) in [6, 6.07) is 20.2. The van der Waals surface area contributed by atoms with Gasteiger partial charge in [0.2, 0.25) is 0 Å². The van der Waals surface area contributed by atoms with Crippen LogP contribution in [0.5, 0.6) is 0 Å². The molecule has 0 saturated carbocycles. The lowest BCUT2D eigenvalue weighted by Gasteiger charge is -2.26. The van der Waals surface area contributed by atoms with Crippen molar-refractivity contribution in [3.8, 4) is 11.3 Å². The predicted octanol–water partition coefficient (Wildman–Crippen LogP) is 4.72. The Kier molecular flexibility index (Phi) is 4.28. The number of anilines is 1. The molecule has 6 rings (SSSR count). The summed E-state index contributed by atoms with van der Waals surface area (Å²) in [5.74, 6) is 0.547. The normalized spacial score (nSPS) is 16.3. The van der Waals surface area contributed by atoms with Crippen molar-refractivity contribution in [3.63, 3.8) is 0 Å². The van der Waals surface area contributed by atoms with Gasteiger partial charge in [0, 0.05) is 12.1 Å². The SMILES string of the molecule is O=c1[nH]c2ccccc2cc1-c1cnc2ccc(N3CCCC3c3cccc(F)c3)nn12. The van der Waals surface area contributed by atoms with E-state index >= 15 is 0 Å². The van der Waals surface area contributed by atoms with E-state index in [0.29, 0.717) is 16.9 Å². The van der Waals surface area contributed by atoms with Gasteiger partial charge >= 0.3 is 0 Å². The van der Waals surface area contributed by atoms with E-state index in [0.717, 1.165) is 41.7 Å². The molecular formula is C25H20FN5O. The number of nitrogens with one attached hydrogen (secondary N) is 1. The highest BCUT2D eigenvalue weighted by Crippen LogP contribution is 2.35. The minimum Gasteiger partial charge on any atom is -0.348 e. The van der Waals surface area contributed by atoms with Crippen molar-refractivity contribution in [1.82, 2.24) is 19.6 Å². The van der Waals surface area contributed by atoms with Crippen LogP contribution in [0.3, 0.4) is 0 Å². The number of fused-ring (bicyclic) bond motifs is 2. The van der Waals surface area contributed by atoms with E-state index in [4.69, 9.17) is 5.10 Å². The van der Waals surface area contributed by atoms with Gasteiger partial charge in [-0.25, -0.2) is 13.9 Å². The Morgan fingerprint density at radius 2 is 1.94 bits per heavy atom. The first-order valence-electron chi connectivity index (χ1n) is 10.7. The van der Waals surface area contributed by atoms with Crippen molar-refractivity contribution in [2.75, 3.05) is 11.4 Å². The maximum atomic E-state index is 13.8. The van der Waals surface area contributed by atoms with Crippen molar-refractivity contribution in [1.29, 1.82) is 0 Å². The molecule has 0 radical (unpaired) electrons. The summed E-state index contributed by atoms with van der Waals surface area (Å²) < 4.78 is 15.5. The van der Waals surface area contributed by atoms with E-state index in [1.807, 2.05) is 48.5 Å². The number of imidazole rings is 1. The molecule has 6 nitrogen and oxygen atoms in total. The lowest BCUT2D eigenvalue weighted by Crippen LogP contribution is -2.24. The monoisotopic (exact) mass is 425 g/mol. The maximum absolute atomic E-state index is 13.8. The van der Waals surface area contributed by atoms with Gasteiger partial charge in [0.25, 0.3) is 5.56 Å². The van der Waals surface area contributed by atoms with Crippen LogP contribution in [-0.2, 0) is 0 Å². The average Bonchev–Trinajstić information content (AvgIpc) is 3.45. The van der Waals surface area contributed by atoms with Crippen molar-refractivity contribution in [2.45, 2.75) is 18.9 Å². The second kappa shape index (κ2) is 7.30. The maximum Gasteiger partial charge on any atom is 0.257 e. The minimum atomic E-state index is -0.231. The Bertz CT molecular complexity index is 1520. The first kappa shape index (κ1) is 18.7. The summed E-state index contributed by atoms with van der Waals surface area (Å²) >= 11 is 0. The molecule has 1 unspecified atom stereocenters. The number of rotatable bonds is 3. The molecule has 1 aliphatic rings. The van der Waals surface area contributed by atoms with Gasteiger partial charge in [0.15, 0.2) is 5.65 Å². The van der Waals surface area contributed by atoms with Gasteiger partial charge in [-0.3, -0.25) is 4.79 Å². The van der Waals surface area contributed by atoms with Gasteiger partial charge in [-0.05, 0) is 60.2 Å². The molecule has 0 aliphatic carbocycles. The van der Waals surface area contributed by atoms with Crippen molar-refractivity contribution in [2.24, 2.45) is 0 Å². The highest BCUT2D eigenvalue weighted by atomic mass is 19.1. The topological polar surface area (TPSA) is 66.3 Å². The number of halogens is 1. The zero-order valence-electron chi connectivity index (χ0n) is 17.2. The molecule has 7 heteroatoms. The van der Waals surface area contributed by atoms with E-state index in [-0.39, 0.29) is 17.4 Å². The highest BCUT2D eigenvalue weighted by molar-refractivity contribution is 5.83. The molecule has 1 aliphatic heterocycles. The molecule has 3 aromatic heterocycles. The first-order valence-corrected chi connectivity index (χ1v) is 10.7. The second-order valence-electron chi connectivity index (χ2n) is 8.11. The van der Waals surface area contributed by atoms with Crippen LogP contribution in [0.25, 0.3) is 27.8 Å². The van der Waals surface area contributed by atoms with E-state index in [9.17, 15) is 9.18 Å². The van der Waals surface area contributed by atoms with Gasteiger partial charge < -0.3 is 9.88 Å². The lowest BCUT2D eigenvalue weighted by atomic mass is 10.0. The predicted molar refractivity (Wildman–Crippen MR) is 122 cm³/mol. The number of aromatic nitrogens is 4. The first-order chi connectivity index (χ1) is 15.7. The smallest absolute Gasteiger partial charge is 0.257 e. The van der Waals surface area contributed by atoms with E-state index in [1.165, 1.54) is 6.07 Å². The minimum absolute atomic E-state index is 0.0618. The number of benzene rings is 2. The average molecular weight is 425 g/mol. The molecule has 1 fully saturated rings. The molecule has 158 valence electrons. The van der Waals surface area contributed by atoms with Crippen LogP contribution in [0, 0.1) is 5.82 Å². The van der Waals surface area contributed by atoms with Crippen LogP contribution in [0.2, 0.25) is 0 Å². The summed E-state index contributed by atoms with van der Waals surface area (Å²) in [4.78, 5) is 22.4. The van der Waals surface area contributed by atoms with Gasteiger partial charge in [-0.15, -0.1) is 5.10 Å². The number of para-hydroxylation sites is 1. The van der Waals surface area contributed by atoms with E-state index < -0.39 is 0 Å². The Morgan fingerprint density at radius 3 is 2.84 bits per heavy atom. The molecule has 1 saturated heterocycles. The number of pyridine rings is 1. The standard InChI is InChI=1S/C25H20FN5O/c26-18-7-3-6-17(13-18)21-9-4-12-30(21)24-11-10-23-27-15-22(31(23)29-24)19-14-16-5-1-2-8-20(16)28-25(19)32/h1-3,5-8,10-11,13-15,21H,4,9,12H2,(H,28,32). The summed E-state index contributed by atoms with van der Waals surface area (Å²) in [7, 11) is 0. The number of nitrogens with zero attached hydrogens (tertiary/aromatic N) is 4. The summed E-state index contributed by atoms with van der Waals surface area (Å²) in [5.41, 5.74) is 3.37. The van der Waals surface area contributed by atoms with Gasteiger partial charge in [-0.1, -0.05) is 30.3 Å². The molecule has 2 aromatic carbocycles. The number of aromatic amines is 1. The molecule has 0 bridgehead atoms. The van der Waals surface area contributed by atoms with Crippen LogP contribution in [0.1, 0.15) is 24.4 Å². The van der Waals surface area contributed by atoms with Crippen molar-refractivity contribution < 1.29 is 4.39 Å². The van der Waals surface area contributed by atoms with Crippen molar-refractivity contribution >= 4 is 22.4 Å². The fraction of sp³-hybridized carbons (Fsp3) is 0.160. The molecule has 1 atom stereocenters. The van der Waals surface area contributed by atoms with Gasteiger partial charge in [0.1, 0.15) is 11.6 Å². The third-order valence-corrected chi connectivity index (χ3v) is 6.16. The van der Waals surface area contributed by atoms with Crippen LogP contribution in [0.15, 0.2) is 77.7 Å². The summed E-state index contributed by atoms with van der Waals surface area (Å²) in [6.45, 7) is 0.834. The molecule has 4 heterocycles. The van der Waals surface area contributed by atoms with Gasteiger partial charge in [-0.2, -0.15) is 0 Å². The third kappa shape index (κ3) is 3.05. The zero-order chi connectivity index (χ0) is 21.7. The van der Waals surface area contributed by atoms with Crippen LogP contribution >= 0.6 is 0 Å². The largest absolute Gasteiger partial charge is 0.348 e. The van der Waals surface area contributed by atoms with Crippen LogP contribution in [-0.4, -0.2) is 26.1 Å². The molecule has 5 aromatic rings. The summed E-state index contributed by atoms with van der Waals surface area (Å²) in [6.07, 6.45) is 3.62. The number of H-pyrrole nitrogens is 1. The third-order valence-electron chi connectivity index (χ3n) is 6.16. The number of hydrogen-bond acceptors (Lipinski definition) is 4. The Balaban J connectivity index is 1.46. The fourth-order valence-corrected chi connectivity index (χ4v) is 4.64. The Hall–Kier alpha value is -4.00. The summed E-state index contributed by atoms with van der Waals surface area (Å²) in [5, 5.41) is 5.79. The number of hydrogen-bond donors (Lipinski definition) is 1.